The fourth-order valence-electron chi connectivity index (χ4n) is 1.65. The summed E-state index contributed by atoms with van der Waals surface area (Å²) in [6.45, 7) is 2.09. The summed E-state index contributed by atoms with van der Waals surface area (Å²) in [7, 11) is 0. The van der Waals surface area contributed by atoms with Crippen LogP contribution in [-0.2, 0) is 0 Å². The first-order valence-corrected chi connectivity index (χ1v) is 7.93. The summed E-state index contributed by atoms with van der Waals surface area (Å²) >= 11 is 9.45. The second kappa shape index (κ2) is 7.55. The van der Waals surface area contributed by atoms with E-state index in [1.807, 2.05) is 54.6 Å². The number of nitrogens with one attached hydrogen (secondary N) is 1. The number of para-hydroxylation sites is 1. The first-order chi connectivity index (χ1) is 9.69. The summed E-state index contributed by atoms with van der Waals surface area (Å²) in [4.78, 5) is 0.131. The zero-order valence-electron chi connectivity index (χ0n) is 11.2. The van der Waals surface area contributed by atoms with Crippen molar-refractivity contribution in [1.29, 1.82) is 0 Å². The number of ether oxygens (including phenoxy) is 1. The van der Waals surface area contributed by atoms with Crippen molar-refractivity contribution in [2.24, 2.45) is 5.92 Å². The Morgan fingerprint density at radius 2 is 1.80 bits per heavy atom. The molecule has 0 saturated carbocycles. The van der Waals surface area contributed by atoms with Gasteiger partial charge in [-0.15, -0.1) is 11.6 Å². The lowest BCUT2D eigenvalue weighted by Gasteiger charge is -2.19. The van der Waals surface area contributed by atoms with Gasteiger partial charge in [-0.3, -0.25) is 0 Å². The topological polar surface area (TPSA) is 21.3 Å². The molecule has 2 rings (SSSR count). The van der Waals surface area contributed by atoms with E-state index in [0.717, 1.165) is 17.2 Å². The van der Waals surface area contributed by atoms with Gasteiger partial charge < -0.3 is 10.1 Å². The van der Waals surface area contributed by atoms with E-state index in [1.165, 1.54) is 0 Å². The van der Waals surface area contributed by atoms with Crippen molar-refractivity contribution in [3.63, 3.8) is 0 Å². The van der Waals surface area contributed by atoms with Gasteiger partial charge in [0.15, 0.2) is 0 Å². The minimum absolute atomic E-state index is 0.131. The zero-order chi connectivity index (χ0) is 14.4. The van der Waals surface area contributed by atoms with Gasteiger partial charge in [-0.2, -0.15) is 0 Å². The van der Waals surface area contributed by atoms with Crippen LogP contribution in [0.2, 0.25) is 0 Å². The van der Waals surface area contributed by atoms with E-state index in [4.69, 9.17) is 16.3 Å². The van der Waals surface area contributed by atoms with Gasteiger partial charge in [-0.05, 0) is 30.2 Å². The van der Waals surface area contributed by atoms with E-state index < -0.39 is 0 Å². The molecule has 0 spiro atoms. The summed E-state index contributed by atoms with van der Waals surface area (Å²) in [6.07, 6.45) is 0. The van der Waals surface area contributed by atoms with Crippen LogP contribution < -0.4 is 10.1 Å². The molecule has 0 saturated heterocycles. The Morgan fingerprint density at radius 1 is 1.10 bits per heavy atom. The van der Waals surface area contributed by atoms with E-state index in [0.29, 0.717) is 11.8 Å². The average molecular weight is 355 g/mol. The van der Waals surface area contributed by atoms with Gasteiger partial charge in [0.2, 0.25) is 0 Å². The van der Waals surface area contributed by atoms with Gasteiger partial charge in [-0.25, -0.2) is 0 Å². The number of benzene rings is 2. The number of hydrogen-bond acceptors (Lipinski definition) is 2. The second-order valence-corrected chi connectivity index (χ2v) is 5.92. The first-order valence-electron chi connectivity index (χ1n) is 6.48. The van der Waals surface area contributed by atoms with Crippen molar-refractivity contribution < 1.29 is 4.74 Å². The van der Waals surface area contributed by atoms with Crippen molar-refractivity contribution in [2.45, 2.75) is 11.9 Å². The van der Waals surface area contributed by atoms with Gasteiger partial charge >= 0.3 is 0 Å². The molecule has 2 aromatic rings. The van der Waals surface area contributed by atoms with Crippen molar-refractivity contribution in [3.05, 3.63) is 54.6 Å². The van der Waals surface area contributed by atoms with Gasteiger partial charge in [-0.1, -0.05) is 47.1 Å². The summed E-state index contributed by atoms with van der Waals surface area (Å²) < 4.78 is 5.81. The highest BCUT2D eigenvalue weighted by Crippen LogP contribution is 2.25. The quantitative estimate of drug-likeness (QED) is 0.547. The summed E-state index contributed by atoms with van der Waals surface area (Å²) in [5.74, 6) is 2.56. The Balaban J connectivity index is 2.04. The van der Waals surface area contributed by atoms with E-state index in [1.54, 1.807) is 0 Å². The Morgan fingerprint density at radius 3 is 2.50 bits per heavy atom. The van der Waals surface area contributed by atoms with Crippen LogP contribution in [0.1, 0.15) is 6.92 Å². The Labute approximate surface area is 133 Å². The number of rotatable bonds is 6. The number of anilines is 1. The predicted octanol–water partition coefficient (Wildman–Crippen LogP) is 5.49. The normalized spacial score (nSPS) is 13.6. The van der Waals surface area contributed by atoms with Crippen LogP contribution >= 0.6 is 27.5 Å². The highest BCUT2D eigenvalue weighted by Gasteiger charge is 2.12. The van der Waals surface area contributed by atoms with Crippen molar-refractivity contribution in [2.75, 3.05) is 11.2 Å². The SMILES string of the molecule is CC(CCl)C(Br)Nc1cccc(Oc2ccccc2)c1. The van der Waals surface area contributed by atoms with E-state index in [9.17, 15) is 0 Å². The first kappa shape index (κ1) is 15.2. The molecule has 0 heterocycles. The highest BCUT2D eigenvalue weighted by atomic mass is 79.9. The smallest absolute Gasteiger partial charge is 0.129 e. The van der Waals surface area contributed by atoms with Crippen molar-refractivity contribution in [1.82, 2.24) is 0 Å². The highest BCUT2D eigenvalue weighted by molar-refractivity contribution is 9.09. The van der Waals surface area contributed by atoms with E-state index >= 15 is 0 Å². The molecule has 0 aliphatic heterocycles. The van der Waals surface area contributed by atoms with Crippen LogP contribution in [0.15, 0.2) is 54.6 Å². The molecule has 2 aromatic carbocycles. The van der Waals surface area contributed by atoms with Crippen LogP contribution in [0.4, 0.5) is 5.69 Å². The molecule has 0 fully saturated rings. The fourth-order valence-corrected chi connectivity index (χ4v) is 2.50. The van der Waals surface area contributed by atoms with E-state index in [-0.39, 0.29) is 4.95 Å². The molecule has 2 atom stereocenters. The van der Waals surface area contributed by atoms with Gasteiger partial charge in [0, 0.05) is 17.6 Å². The van der Waals surface area contributed by atoms with Crippen LogP contribution in [0.3, 0.4) is 0 Å². The lowest BCUT2D eigenvalue weighted by molar-refractivity contribution is 0.483. The minimum Gasteiger partial charge on any atom is -0.457 e. The molecular formula is C16H17BrClNO. The summed E-state index contributed by atoms with van der Waals surface area (Å²) in [5, 5.41) is 3.37. The van der Waals surface area contributed by atoms with Crippen molar-refractivity contribution >= 4 is 33.2 Å². The third-order valence-electron chi connectivity index (χ3n) is 2.86. The second-order valence-electron chi connectivity index (χ2n) is 4.62. The molecule has 0 amide bonds. The third-order valence-corrected chi connectivity index (χ3v) is 4.48. The largest absolute Gasteiger partial charge is 0.457 e. The zero-order valence-corrected chi connectivity index (χ0v) is 13.6. The van der Waals surface area contributed by atoms with Gasteiger partial charge in [0.25, 0.3) is 0 Å². The fraction of sp³-hybridized carbons (Fsp3) is 0.250. The van der Waals surface area contributed by atoms with Crippen LogP contribution in [-0.4, -0.2) is 10.8 Å². The molecule has 106 valence electrons. The molecule has 0 aromatic heterocycles. The third kappa shape index (κ3) is 4.43. The van der Waals surface area contributed by atoms with Gasteiger partial charge in [0.1, 0.15) is 11.5 Å². The lowest BCUT2D eigenvalue weighted by atomic mass is 10.2. The molecule has 2 unspecified atom stereocenters. The molecule has 2 nitrogen and oxygen atoms in total. The lowest BCUT2D eigenvalue weighted by Crippen LogP contribution is -2.21. The summed E-state index contributed by atoms with van der Waals surface area (Å²) in [6, 6.07) is 17.6. The Hall–Kier alpha value is -1.19. The minimum atomic E-state index is 0.131. The van der Waals surface area contributed by atoms with Crippen molar-refractivity contribution in [3.8, 4) is 11.5 Å². The Kier molecular flexibility index (Phi) is 5.74. The number of alkyl halides is 2. The molecule has 0 aliphatic carbocycles. The number of halogens is 2. The maximum absolute atomic E-state index is 5.86. The summed E-state index contributed by atoms with van der Waals surface area (Å²) in [5.41, 5.74) is 0.997. The maximum Gasteiger partial charge on any atom is 0.129 e. The standard InChI is InChI=1S/C16H17BrClNO/c1-12(11-18)16(17)19-13-6-5-9-15(10-13)20-14-7-3-2-4-8-14/h2-10,12,16,19H,11H2,1H3. The molecule has 1 N–H and O–H groups in total. The number of hydrogen-bond donors (Lipinski definition) is 1. The molecule has 20 heavy (non-hydrogen) atoms. The predicted molar refractivity (Wildman–Crippen MR) is 89.2 cm³/mol. The molecular weight excluding hydrogens is 338 g/mol. The molecule has 0 bridgehead atoms. The average Bonchev–Trinajstić information content (AvgIpc) is 2.47. The monoisotopic (exact) mass is 353 g/mol. The molecule has 0 radical (unpaired) electrons. The van der Waals surface area contributed by atoms with E-state index in [2.05, 4.69) is 28.2 Å². The Bertz CT molecular complexity index is 535. The molecule has 4 heteroatoms. The van der Waals surface area contributed by atoms with Gasteiger partial charge in [0.05, 0.1) is 4.95 Å². The van der Waals surface area contributed by atoms with Crippen LogP contribution in [0.5, 0.6) is 11.5 Å². The molecule has 0 aliphatic rings. The van der Waals surface area contributed by atoms with Crippen LogP contribution in [0, 0.1) is 5.92 Å². The van der Waals surface area contributed by atoms with Crippen LogP contribution in [0.25, 0.3) is 0 Å². The maximum atomic E-state index is 5.86.